The Bertz CT molecular complexity index is 721. The van der Waals surface area contributed by atoms with Crippen molar-refractivity contribution >= 4 is 29.5 Å². The molecule has 0 bridgehead atoms. The van der Waals surface area contributed by atoms with Gasteiger partial charge in [-0.3, -0.25) is 9.59 Å². The number of fused-ring (bicyclic) bond motifs is 1. The number of nitrogens with zero attached hydrogens (tertiary/aromatic N) is 1. The molecule has 4 atom stereocenters. The fourth-order valence-electron chi connectivity index (χ4n) is 2.87. The minimum Gasteiger partial charge on any atom is -0.479 e. The van der Waals surface area contributed by atoms with Gasteiger partial charge < -0.3 is 21.1 Å². The monoisotopic (exact) mass is 347 g/mol. The standard InChI is InChI=1S/C16H17N3O4S/c1-8-7-24-15-11(14(21)19(15)12(8)16(22)23)18-13(20)10(17)9-5-3-2-4-6-9/h2-7,10-12,15H,17H2,1H3,(H,18,20)(H,22,23)/t10-,11-,12-,15-/m1/s1. The predicted molar refractivity (Wildman–Crippen MR) is 88.7 cm³/mol. The average Bonchev–Trinajstić information content (AvgIpc) is 2.59. The van der Waals surface area contributed by atoms with E-state index >= 15 is 0 Å². The quantitative estimate of drug-likeness (QED) is 0.682. The third-order valence-corrected chi connectivity index (χ3v) is 5.44. The third-order valence-electron chi connectivity index (χ3n) is 4.16. The maximum absolute atomic E-state index is 12.3. The van der Waals surface area contributed by atoms with Gasteiger partial charge in [-0.25, -0.2) is 4.79 Å². The number of hydrogen-bond acceptors (Lipinski definition) is 5. The molecular weight excluding hydrogens is 330 g/mol. The highest BCUT2D eigenvalue weighted by atomic mass is 32.2. The van der Waals surface area contributed by atoms with Crippen molar-refractivity contribution in [3.8, 4) is 0 Å². The molecular formula is C16H17N3O4S. The molecule has 8 heteroatoms. The van der Waals surface area contributed by atoms with Crippen molar-refractivity contribution in [3.05, 3.63) is 46.9 Å². The van der Waals surface area contributed by atoms with E-state index in [9.17, 15) is 19.5 Å². The molecule has 2 aliphatic rings. The number of nitrogens with two attached hydrogens (primary N) is 1. The summed E-state index contributed by atoms with van der Waals surface area (Å²) in [7, 11) is 0. The first kappa shape index (κ1) is 16.5. The van der Waals surface area contributed by atoms with E-state index in [0.717, 1.165) is 0 Å². The zero-order valence-corrected chi connectivity index (χ0v) is 13.7. The van der Waals surface area contributed by atoms with E-state index in [1.54, 1.807) is 36.6 Å². The first-order chi connectivity index (χ1) is 11.4. The van der Waals surface area contributed by atoms with E-state index in [2.05, 4.69) is 5.32 Å². The fraction of sp³-hybridized carbons (Fsp3) is 0.312. The Balaban J connectivity index is 1.71. The Hall–Kier alpha value is -2.32. The van der Waals surface area contributed by atoms with E-state index in [0.29, 0.717) is 11.1 Å². The molecule has 126 valence electrons. The summed E-state index contributed by atoms with van der Waals surface area (Å²) in [5, 5.41) is 13.2. The molecule has 3 rings (SSSR count). The molecule has 2 aliphatic heterocycles. The van der Waals surface area contributed by atoms with Gasteiger partial charge in [0, 0.05) is 0 Å². The topological polar surface area (TPSA) is 113 Å². The zero-order chi connectivity index (χ0) is 17.4. The predicted octanol–water partition coefficient (Wildman–Crippen LogP) is 0.443. The Morgan fingerprint density at radius 3 is 2.62 bits per heavy atom. The number of thioether (sulfide) groups is 1. The molecule has 24 heavy (non-hydrogen) atoms. The fourth-order valence-corrected chi connectivity index (χ4v) is 4.05. The van der Waals surface area contributed by atoms with Crippen molar-refractivity contribution in [1.29, 1.82) is 0 Å². The van der Waals surface area contributed by atoms with Gasteiger partial charge in [0.15, 0.2) is 6.04 Å². The molecule has 0 spiro atoms. The largest absolute Gasteiger partial charge is 0.479 e. The van der Waals surface area contributed by atoms with E-state index in [-0.39, 0.29) is 0 Å². The van der Waals surface area contributed by atoms with Crippen LogP contribution in [-0.2, 0) is 14.4 Å². The highest BCUT2D eigenvalue weighted by molar-refractivity contribution is 8.02. The van der Waals surface area contributed by atoms with Gasteiger partial charge in [0.25, 0.3) is 0 Å². The second kappa shape index (κ2) is 6.29. The van der Waals surface area contributed by atoms with Crippen molar-refractivity contribution < 1.29 is 19.5 Å². The number of carbonyl (C=O) groups excluding carboxylic acids is 2. The van der Waals surface area contributed by atoms with Crippen LogP contribution in [0.1, 0.15) is 18.5 Å². The number of amides is 2. The molecule has 1 aromatic rings. The highest BCUT2D eigenvalue weighted by Crippen LogP contribution is 2.39. The number of benzene rings is 1. The number of carboxylic acids is 1. The number of rotatable bonds is 4. The van der Waals surface area contributed by atoms with Crippen LogP contribution >= 0.6 is 11.8 Å². The van der Waals surface area contributed by atoms with Gasteiger partial charge in [-0.1, -0.05) is 30.3 Å². The molecule has 2 heterocycles. The molecule has 4 N–H and O–H groups in total. The number of carbonyl (C=O) groups is 3. The Morgan fingerprint density at radius 2 is 2.00 bits per heavy atom. The maximum atomic E-state index is 12.3. The summed E-state index contributed by atoms with van der Waals surface area (Å²) in [6, 6.07) is 6.24. The molecule has 2 amide bonds. The van der Waals surface area contributed by atoms with Crippen molar-refractivity contribution in [3.63, 3.8) is 0 Å². The van der Waals surface area contributed by atoms with E-state index in [1.807, 2.05) is 6.07 Å². The number of aliphatic carboxylic acids is 1. The summed E-state index contributed by atoms with van der Waals surface area (Å²) in [4.78, 5) is 37.3. The summed E-state index contributed by atoms with van der Waals surface area (Å²) in [6.07, 6.45) is 0. The number of carboxylic acid groups (broad SMARTS) is 1. The summed E-state index contributed by atoms with van der Waals surface area (Å²) in [6.45, 7) is 1.67. The first-order valence-electron chi connectivity index (χ1n) is 7.40. The van der Waals surface area contributed by atoms with Gasteiger partial charge in [-0.15, -0.1) is 11.8 Å². The van der Waals surface area contributed by atoms with Crippen LogP contribution < -0.4 is 11.1 Å². The number of hydrogen-bond donors (Lipinski definition) is 3. The molecule has 1 aromatic carbocycles. The smallest absolute Gasteiger partial charge is 0.330 e. The number of nitrogens with one attached hydrogen (secondary N) is 1. The lowest BCUT2D eigenvalue weighted by atomic mass is 9.98. The van der Waals surface area contributed by atoms with Crippen molar-refractivity contribution in [1.82, 2.24) is 10.2 Å². The van der Waals surface area contributed by atoms with Crippen LogP contribution in [0.3, 0.4) is 0 Å². The molecule has 1 fully saturated rings. The lowest BCUT2D eigenvalue weighted by Crippen LogP contribution is -2.74. The second-order valence-electron chi connectivity index (χ2n) is 5.75. The summed E-state index contributed by atoms with van der Waals surface area (Å²) in [5.41, 5.74) is 7.17. The van der Waals surface area contributed by atoms with E-state index in [1.165, 1.54) is 16.7 Å². The van der Waals surface area contributed by atoms with Crippen LogP contribution in [0.25, 0.3) is 0 Å². The maximum Gasteiger partial charge on any atom is 0.330 e. The second-order valence-corrected chi connectivity index (χ2v) is 6.74. The minimum atomic E-state index is -1.08. The van der Waals surface area contributed by atoms with Gasteiger partial charge in [-0.05, 0) is 23.5 Å². The van der Waals surface area contributed by atoms with Gasteiger partial charge in [-0.2, -0.15) is 0 Å². The van der Waals surface area contributed by atoms with Gasteiger partial charge in [0.2, 0.25) is 11.8 Å². The van der Waals surface area contributed by atoms with Crippen LogP contribution in [0.4, 0.5) is 0 Å². The summed E-state index contributed by atoms with van der Waals surface area (Å²) >= 11 is 1.33. The molecule has 0 aromatic heterocycles. The summed E-state index contributed by atoms with van der Waals surface area (Å²) in [5.74, 6) is -1.94. The molecule has 0 radical (unpaired) electrons. The van der Waals surface area contributed by atoms with Crippen LogP contribution in [0, 0.1) is 0 Å². The Labute approximate surface area is 142 Å². The van der Waals surface area contributed by atoms with Crippen LogP contribution in [-0.4, -0.2) is 45.2 Å². The number of β-lactam (4-membered cyclic amide) rings is 1. The van der Waals surface area contributed by atoms with E-state index < -0.39 is 41.3 Å². The Kier molecular flexibility index (Phi) is 4.33. The van der Waals surface area contributed by atoms with Gasteiger partial charge >= 0.3 is 5.97 Å². The third kappa shape index (κ3) is 2.67. The zero-order valence-electron chi connectivity index (χ0n) is 12.9. The van der Waals surface area contributed by atoms with Crippen LogP contribution in [0.15, 0.2) is 41.3 Å². The first-order valence-corrected chi connectivity index (χ1v) is 8.34. The normalized spacial score (nSPS) is 26.8. The SMILES string of the molecule is CC1=CS[C@@H]2[C@H](NC(=O)[C@H](N)c3ccccc3)C(=O)N2[C@H]1C(=O)O. The molecule has 0 aliphatic carbocycles. The lowest BCUT2D eigenvalue weighted by molar-refractivity contribution is -0.160. The molecule has 7 nitrogen and oxygen atoms in total. The molecule has 0 saturated carbocycles. The van der Waals surface area contributed by atoms with Gasteiger partial charge in [0.05, 0.1) is 0 Å². The average molecular weight is 347 g/mol. The van der Waals surface area contributed by atoms with Gasteiger partial charge in [0.1, 0.15) is 17.5 Å². The highest BCUT2D eigenvalue weighted by Gasteiger charge is 2.55. The van der Waals surface area contributed by atoms with E-state index in [4.69, 9.17) is 5.73 Å². The van der Waals surface area contributed by atoms with Crippen molar-refractivity contribution in [2.75, 3.05) is 0 Å². The Morgan fingerprint density at radius 1 is 1.33 bits per heavy atom. The van der Waals surface area contributed by atoms with Crippen molar-refractivity contribution in [2.45, 2.75) is 30.4 Å². The molecule has 1 saturated heterocycles. The summed E-state index contributed by atoms with van der Waals surface area (Å²) < 4.78 is 0. The van der Waals surface area contributed by atoms with Crippen LogP contribution in [0.5, 0.6) is 0 Å². The van der Waals surface area contributed by atoms with Crippen LogP contribution in [0.2, 0.25) is 0 Å². The molecule has 0 unspecified atom stereocenters. The minimum absolute atomic E-state index is 0.402. The van der Waals surface area contributed by atoms with Crippen molar-refractivity contribution in [2.24, 2.45) is 5.73 Å². The lowest BCUT2D eigenvalue weighted by Gasteiger charge is -2.51.